The number of fused-ring (bicyclic) bond motifs is 1. The Hall–Kier alpha value is -2.80. The number of ether oxygens (including phenoxy) is 5. The molecule has 0 N–H and O–H groups in total. The van der Waals surface area contributed by atoms with Crippen LogP contribution in [0.15, 0.2) is 24.3 Å². The highest BCUT2D eigenvalue weighted by atomic mass is 28.4. The van der Waals surface area contributed by atoms with Gasteiger partial charge in [-0.15, -0.1) is 0 Å². The molecular weight excluding hydrogens is 412 g/mol. The molecule has 2 aromatic rings. The van der Waals surface area contributed by atoms with Crippen LogP contribution in [0, 0.1) is 0 Å². The Morgan fingerprint density at radius 3 is 2.13 bits per heavy atom. The van der Waals surface area contributed by atoms with Crippen molar-refractivity contribution in [3.63, 3.8) is 0 Å². The average molecular weight is 445 g/mol. The van der Waals surface area contributed by atoms with Crippen LogP contribution in [-0.2, 0) is 0 Å². The van der Waals surface area contributed by atoms with Crippen molar-refractivity contribution in [3.05, 3.63) is 35.4 Å². The normalized spacial score (nSPS) is 13.4. The zero-order valence-electron chi connectivity index (χ0n) is 19.6. The maximum atomic E-state index is 6.52. The summed E-state index contributed by atoms with van der Waals surface area (Å²) in [5.41, 5.74) is 1.81. The molecule has 0 radical (unpaired) electrons. The zero-order chi connectivity index (χ0) is 22.8. The lowest BCUT2D eigenvalue weighted by molar-refractivity contribution is 0.168. The molecule has 0 unspecified atom stereocenters. The van der Waals surface area contributed by atoms with Crippen molar-refractivity contribution >= 4 is 20.5 Å². The number of benzene rings is 2. The lowest BCUT2D eigenvalue weighted by atomic mass is 10.1. The molecule has 6 nitrogen and oxygen atoms in total. The first kappa shape index (κ1) is 22.9. The predicted octanol–water partition coefficient (Wildman–Crippen LogP) is 6.00. The fourth-order valence-electron chi connectivity index (χ4n) is 3.01. The molecule has 0 spiro atoms. The third-order valence-corrected chi connectivity index (χ3v) is 10.2. The van der Waals surface area contributed by atoms with Gasteiger partial charge in [0.05, 0.1) is 21.3 Å². The Balaban J connectivity index is 1.97. The van der Waals surface area contributed by atoms with E-state index in [1.807, 2.05) is 36.4 Å². The molecule has 0 amide bonds. The third kappa shape index (κ3) is 4.61. The van der Waals surface area contributed by atoms with Crippen LogP contribution in [0.4, 0.5) is 0 Å². The number of methoxy groups -OCH3 is 3. The van der Waals surface area contributed by atoms with Gasteiger partial charge in [0.2, 0.25) is 18.3 Å². The van der Waals surface area contributed by atoms with Crippen LogP contribution < -0.4 is 28.1 Å². The van der Waals surface area contributed by atoms with E-state index < -0.39 is 8.32 Å². The van der Waals surface area contributed by atoms with E-state index in [0.29, 0.717) is 23.0 Å². The maximum Gasteiger partial charge on any atom is 0.250 e. The molecule has 168 valence electrons. The fourth-order valence-corrected chi connectivity index (χ4v) is 4.03. The largest absolute Gasteiger partial charge is 0.541 e. The van der Waals surface area contributed by atoms with Crippen molar-refractivity contribution in [2.75, 3.05) is 28.1 Å². The molecule has 0 aromatic heterocycles. The predicted molar refractivity (Wildman–Crippen MR) is 125 cm³/mol. The zero-order valence-corrected chi connectivity index (χ0v) is 20.6. The second-order valence-corrected chi connectivity index (χ2v) is 13.6. The van der Waals surface area contributed by atoms with Crippen LogP contribution in [-0.4, -0.2) is 36.4 Å². The number of hydrogen-bond acceptors (Lipinski definition) is 6. The van der Waals surface area contributed by atoms with E-state index in [1.165, 1.54) is 0 Å². The molecule has 3 rings (SSSR count). The van der Waals surface area contributed by atoms with Crippen molar-refractivity contribution in [2.24, 2.45) is 0 Å². The van der Waals surface area contributed by atoms with E-state index in [0.717, 1.165) is 22.6 Å². The van der Waals surface area contributed by atoms with E-state index in [9.17, 15) is 0 Å². The summed E-state index contributed by atoms with van der Waals surface area (Å²) in [5.74, 6) is 3.81. The molecule has 0 bridgehead atoms. The van der Waals surface area contributed by atoms with Crippen LogP contribution >= 0.6 is 0 Å². The van der Waals surface area contributed by atoms with Gasteiger partial charge in [0, 0.05) is 5.56 Å². The van der Waals surface area contributed by atoms with Crippen molar-refractivity contribution < 1.29 is 28.1 Å². The molecule has 0 saturated carbocycles. The second-order valence-electron chi connectivity index (χ2n) is 8.87. The van der Waals surface area contributed by atoms with Gasteiger partial charge in [0.15, 0.2) is 17.2 Å². The smallest absolute Gasteiger partial charge is 0.250 e. The second kappa shape index (κ2) is 8.75. The van der Waals surface area contributed by atoms with Crippen molar-refractivity contribution in [1.29, 1.82) is 0 Å². The minimum atomic E-state index is -2.01. The summed E-state index contributed by atoms with van der Waals surface area (Å²) in [6.07, 6.45) is 3.96. The summed E-state index contributed by atoms with van der Waals surface area (Å²) >= 11 is 0. The standard InChI is InChI=1S/C24H32O6Si/c1-24(2,3)31(7,8)30-19-13-16(10-12-18(19)25-4)9-11-17-14-20(26-5)22-23(21(17)27-6)29-15-28-22/h9-14H,15H2,1-8H3/b11-9-. The van der Waals surface area contributed by atoms with Crippen LogP contribution in [0.1, 0.15) is 31.9 Å². The Morgan fingerprint density at radius 2 is 1.52 bits per heavy atom. The fraction of sp³-hybridized carbons (Fsp3) is 0.417. The highest BCUT2D eigenvalue weighted by Crippen LogP contribution is 2.50. The first-order valence-electron chi connectivity index (χ1n) is 10.2. The van der Waals surface area contributed by atoms with Gasteiger partial charge in [0.25, 0.3) is 8.32 Å². The van der Waals surface area contributed by atoms with E-state index in [4.69, 9.17) is 28.1 Å². The highest BCUT2D eigenvalue weighted by molar-refractivity contribution is 6.74. The molecule has 31 heavy (non-hydrogen) atoms. The van der Waals surface area contributed by atoms with E-state index >= 15 is 0 Å². The minimum absolute atomic E-state index is 0.0836. The quantitative estimate of drug-likeness (QED) is 0.386. The lowest BCUT2D eigenvalue weighted by Gasteiger charge is -2.36. The Labute approximate surface area is 185 Å². The van der Waals surface area contributed by atoms with Crippen molar-refractivity contribution in [3.8, 4) is 34.5 Å². The first-order valence-corrected chi connectivity index (χ1v) is 13.1. The molecule has 0 saturated heterocycles. The topological polar surface area (TPSA) is 55.4 Å². The first-order chi connectivity index (χ1) is 14.6. The Kier molecular flexibility index (Phi) is 6.45. The summed E-state index contributed by atoms with van der Waals surface area (Å²) in [6.45, 7) is 11.2. The summed E-state index contributed by atoms with van der Waals surface area (Å²) in [5, 5.41) is 0.0836. The van der Waals surface area contributed by atoms with Crippen LogP contribution in [0.3, 0.4) is 0 Å². The molecule has 1 aliphatic rings. The van der Waals surface area contributed by atoms with Gasteiger partial charge < -0.3 is 28.1 Å². The SMILES string of the molecule is COc1ccc(/C=C\c2cc(OC)c3c(c2OC)OCO3)cc1O[Si](C)(C)C(C)(C)C. The molecule has 1 heterocycles. The third-order valence-electron chi connectivity index (χ3n) is 5.83. The summed E-state index contributed by atoms with van der Waals surface area (Å²) < 4.78 is 34.2. The van der Waals surface area contributed by atoms with Crippen molar-refractivity contribution in [2.45, 2.75) is 38.9 Å². The van der Waals surface area contributed by atoms with E-state index in [1.54, 1.807) is 21.3 Å². The molecular formula is C24H32O6Si. The molecule has 7 heteroatoms. The van der Waals surface area contributed by atoms with Gasteiger partial charge in [-0.2, -0.15) is 0 Å². The summed E-state index contributed by atoms with van der Waals surface area (Å²) in [6, 6.07) is 7.80. The molecule has 1 aliphatic heterocycles. The highest BCUT2D eigenvalue weighted by Gasteiger charge is 2.39. The monoisotopic (exact) mass is 444 g/mol. The van der Waals surface area contributed by atoms with Crippen LogP contribution in [0.5, 0.6) is 34.5 Å². The lowest BCUT2D eigenvalue weighted by Crippen LogP contribution is -2.43. The molecule has 0 fully saturated rings. The van der Waals surface area contributed by atoms with E-state index in [2.05, 4.69) is 33.9 Å². The van der Waals surface area contributed by atoms with Gasteiger partial charge in [-0.25, -0.2) is 0 Å². The van der Waals surface area contributed by atoms with E-state index in [-0.39, 0.29) is 11.8 Å². The van der Waals surface area contributed by atoms with Gasteiger partial charge in [-0.05, 0) is 41.9 Å². The Bertz CT molecular complexity index is 975. The van der Waals surface area contributed by atoms with Gasteiger partial charge in [-0.3, -0.25) is 0 Å². The molecule has 2 aromatic carbocycles. The van der Waals surface area contributed by atoms with Gasteiger partial charge in [-0.1, -0.05) is 39.0 Å². The van der Waals surface area contributed by atoms with Crippen molar-refractivity contribution in [1.82, 2.24) is 0 Å². The minimum Gasteiger partial charge on any atom is -0.541 e. The maximum absolute atomic E-state index is 6.52. The van der Waals surface area contributed by atoms with Gasteiger partial charge in [0.1, 0.15) is 5.75 Å². The van der Waals surface area contributed by atoms with Crippen LogP contribution in [0.25, 0.3) is 12.2 Å². The average Bonchev–Trinajstić information content (AvgIpc) is 3.20. The van der Waals surface area contributed by atoms with Gasteiger partial charge >= 0.3 is 0 Å². The number of hydrogen-bond donors (Lipinski definition) is 0. The molecule has 0 aliphatic carbocycles. The summed E-state index contributed by atoms with van der Waals surface area (Å²) in [7, 11) is 2.86. The number of rotatable bonds is 7. The van der Waals surface area contributed by atoms with Crippen LogP contribution in [0.2, 0.25) is 18.1 Å². The Morgan fingerprint density at radius 1 is 0.839 bits per heavy atom. The summed E-state index contributed by atoms with van der Waals surface area (Å²) in [4.78, 5) is 0. The molecule has 0 atom stereocenters.